The molecule has 4 heteroatoms. The number of Topliss-reactive ketones (excluding diaryl/α,β-unsaturated/α-hetero) is 1. The number of unbranched alkanes of at least 4 members (excludes halogenated alkanes) is 2. The molecule has 0 bridgehead atoms. The molecule has 0 saturated carbocycles. The molecule has 1 unspecified atom stereocenters. The molecule has 0 amide bonds. The van der Waals surface area contributed by atoms with Crippen molar-refractivity contribution >= 4 is 5.78 Å². The fourth-order valence-corrected chi connectivity index (χ4v) is 3.50. The summed E-state index contributed by atoms with van der Waals surface area (Å²) in [5, 5.41) is 0. The Balaban J connectivity index is 1.95. The highest BCUT2D eigenvalue weighted by Crippen LogP contribution is 2.55. The summed E-state index contributed by atoms with van der Waals surface area (Å²) in [6, 6.07) is 0. The first-order chi connectivity index (χ1) is 10.7. The van der Waals surface area contributed by atoms with Crippen LogP contribution in [0.3, 0.4) is 0 Å². The van der Waals surface area contributed by atoms with Crippen molar-refractivity contribution in [3.05, 3.63) is 47.0 Å². The third kappa shape index (κ3) is 2.13. The van der Waals surface area contributed by atoms with Gasteiger partial charge in [0.25, 0.3) is 0 Å². The zero-order valence-corrected chi connectivity index (χ0v) is 13.2. The number of fused-ring (bicyclic) bond motifs is 1. The summed E-state index contributed by atoms with van der Waals surface area (Å²) in [7, 11) is 3.08. The Hall–Kier alpha value is -1.81. The Morgan fingerprint density at radius 1 is 1.27 bits per heavy atom. The number of carbonyl (C=O) groups is 1. The van der Waals surface area contributed by atoms with Gasteiger partial charge in [-0.3, -0.25) is 4.79 Å². The number of rotatable bonds is 6. The van der Waals surface area contributed by atoms with Gasteiger partial charge in [0.05, 0.1) is 20.8 Å². The highest BCUT2D eigenvalue weighted by molar-refractivity contribution is 6.11. The third-order valence-electron chi connectivity index (χ3n) is 4.57. The molecule has 0 aromatic heterocycles. The minimum absolute atomic E-state index is 0.0510. The molecule has 22 heavy (non-hydrogen) atoms. The summed E-state index contributed by atoms with van der Waals surface area (Å²) in [6.07, 6.45) is 8.91. The molecule has 1 aliphatic heterocycles. The van der Waals surface area contributed by atoms with E-state index < -0.39 is 5.60 Å². The van der Waals surface area contributed by atoms with E-state index in [0.29, 0.717) is 18.1 Å². The van der Waals surface area contributed by atoms with E-state index in [-0.39, 0.29) is 5.78 Å². The zero-order valence-electron chi connectivity index (χ0n) is 13.2. The molecule has 1 saturated heterocycles. The normalized spacial score (nSPS) is 28.5. The predicted octanol–water partition coefficient (Wildman–Crippen LogP) is 3.22. The van der Waals surface area contributed by atoms with Crippen LogP contribution in [0.25, 0.3) is 0 Å². The van der Waals surface area contributed by atoms with E-state index in [1.807, 2.05) is 6.08 Å². The van der Waals surface area contributed by atoms with E-state index in [1.54, 1.807) is 7.11 Å². The van der Waals surface area contributed by atoms with E-state index in [9.17, 15) is 4.79 Å². The van der Waals surface area contributed by atoms with E-state index in [2.05, 4.69) is 12.7 Å². The number of allylic oxidation sites excluding steroid dienone is 3. The number of carbonyl (C=O) groups excluding carboxylic acids is 1. The van der Waals surface area contributed by atoms with Gasteiger partial charge in [0, 0.05) is 11.1 Å². The Morgan fingerprint density at radius 2 is 2.05 bits per heavy atom. The van der Waals surface area contributed by atoms with Crippen LogP contribution in [0.4, 0.5) is 0 Å². The second-order valence-electron chi connectivity index (χ2n) is 5.81. The Morgan fingerprint density at radius 3 is 2.64 bits per heavy atom. The van der Waals surface area contributed by atoms with Crippen LogP contribution in [-0.4, -0.2) is 32.2 Å². The molecule has 3 aliphatic rings. The second-order valence-corrected chi connectivity index (χ2v) is 5.81. The highest BCUT2D eigenvalue weighted by atomic mass is 16.6. The van der Waals surface area contributed by atoms with Crippen LogP contribution in [0.5, 0.6) is 0 Å². The van der Waals surface area contributed by atoms with Crippen molar-refractivity contribution in [1.82, 2.24) is 0 Å². The lowest BCUT2D eigenvalue weighted by Crippen LogP contribution is -2.31. The first kappa shape index (κ1) is 15.1. The van der Waals surface area contributed by atoms with E-state index in [1.165, 1.54) is 12.7 Å². The number of ether oxygens (including phenoxy) is 3. The molecule has 2 aliphatic carbocycles. The first-order valence-electron chi connectivity index (χ1n) is 7.75. The van der Waals surface area contributed by atoms with Gasteiger partial charge in [-0.2, -0.15) is 0 Å². The van der Waals surface area contributed by atoms with Crippen LogP contribution in [0.1, 0.15) is 32.1 Å². The van der Waals surface area contributed by atoms with Crippen LogP contribution >= 0.6 is 0 Å². The molecule has 1 spiro atoms. The van der Waals surface area contributed by atoms with E-state index >= 15 is 0 Å². The monoisotopic (exact) mass is 302 g/mol. The maximum absolute atomic E-state index is 12.6. The number of hydrogen-bond donors (Lipinski definition) is 0. The summed E-state index contributed by atoms with van der Waals surface area (Å²) in [6.45, 7) is 4.30. The van der Waals surface area contributed by atoms with Gasteiger partial charge in [-0.25, -0.2) is 0 Å². The molecule has 0 radical (unpaired) electrons. The highest BCUT2D eigenvalue weighted by Gasteiger charge is 2.61. The summed E-state index contributed by atoms with van der Waals surface area (Å²) >= 11 is 0. The fourth-order valence-electron chi connectivity index (χ4n) is 3.50. The second kappa shape index (κ2) is 5.76. The fraction of sp³-hybridized carbons (Fsp3) is 0.500. The van der Waals surface area contributed by atoms with Crippen molar-refractivity contribution in [2.24, 2.45) is 0 Å². The maximum atomic E-state index is 12.6. The number of hydrogen-bond acceptors (Lipinski definition) is 4. The SMILES string of the molecule is C=CCCC/C=C1\CCC2=C1C1(CO1)C(OC)=C(OC)C2=O. The number of epoxide rings is 1. The van der Waals surface area contributed by atoms with Crippen molar-refractivity contribution in [1.29, 1.82) is 0 Å². The first-order valence-corrected chi connectivity index (χ1v) is 7.75. The minimum atomic E-state index is -0.579. The summed E-state index contributed by atoms with van der Waals surface area (Å²) < 4.78 is 16.5. The van der Waals surface area contributed by atoms with Crippen LogP contribution < -0.4 is 0 Å². The molecule has 0 aromatic carbocycles. The van der Waals surface area contributed by atoms with Gasteiger partial charge in [0.1, 0.15) is 0 Å². The van der Waals surface area contributed by atoms with E-state index in [0.717, 1.165) is 43.3 Å². The molecule has 1 atom stereocenters. The average Bonchev–Trinajstić information content (AvgIpc) is 3.19. The van der Waals surface area contributed by atoms with Gasteiger partial charge in [0.2, 0.25) is 11.5 Å². The van der Waals surface area contributed by atoms with Crippen LogP contribution in [0.2, 0.25) is 0 Å². The zero-order chi connectivity index (χ0) is 15.7. The van der Waals surface area contributed by atoms with Crippen LogP contribution in [0.15, 0.2) is 47.0 Å². The summed E-state index contributed by atoms with van der Waals surface area (Å²) in [5.41, 5.74) is 2.53. The van der Waals surface area contributed by atoms with Crippen molar-refractivity contribution in [2.75, 3.05) is 20.8 Å². The average molecular weight is 302 g/mol. The molecule has 0 aromatic rings. The lowest BCUT2D eigenvalue weighted by atomic mass is 9.84. The molecule has 118 valence electrons. The molecule has 3 rings (SSSR count). The Bertz CT molecular complexity index is 603. The molecule has 1 heterocycles. The molecule has 4 nitrogen and oxygen atoms in total. The van der Waals surface area contributed by atoms with Crippen LogP contribution in [0, 0.1) is 0 Å². The predicted molar refractivity (Wildman–Crippen MR) is 83.1 cm³/mol. The lowest BCUT2D eigenvalue weighted by Gasteiger charge is -2.26. The third-order valence-corrected chi connectivity index (χ3v) is 4.57. The summed E-state index contributed by atoms with van der Waals surface area (Å²) in [5.74, 6) is 0.772. The smallest absolute Gasteiger partial charge is 0.227 e. The summed E-state index contributed by atoms with van der Waals surface area (Å²) in [4.78, 5) is 12.6. The standard InChI is InChI=1S/C18H22O4/c1-4-5-6-7-8-12-9-10-13-14(12)18(11-22-18)17(21-3)16(20-2)15(13)19/h4,8H,1,5-7,9-11H2,2-3H3/b12-8+. The molecular formula is C18H22O4. The van der Waals surface area contributed by atoms with Gasteiger partial charge >= 0.3 is 0 Å². The number of methoxy groups -OCH3 is 2. The Kier molecular flexibility index (Phi) is 3.96. The minimum Gasteiger partial charge on any atom is -0.494 e. The van der Waals surface area contributed by atoms with Gasteiger partial charge < -0.3 is 14.2 Å². The Labute approximate surface area is 131 Å². The lowest BCUT2D eigenvalue weighted by molar-refractivity contribution is -0.116. The van der Waals surface area contributed by atoms with Crippen molar-refractivity contribution in [2.45, 2.75) is 37.7 Å². The van der Waals surface area contributed by atoms with Crippen molar-refractivity contribution in [3.8, 4) is 0 Å². The topological polar surface area (TPSA) is 48.1 Å². The van der Waals surface area contributed by atoms with E-state index in [4.69, 9.17) is 14.2 Å². The molecule has 0 N–H and O–H groups in total. The number of ketones is 1. The largest absolute Gasteiger partial charge is 0.494 e. The van der Waals surface area contributed by atoms with Gasteiger partial charge in [0.15, 0.2) is 11.4 Å². The quantitative estimate of drug-likeness (QED) is 0.429. The van der Waals surface area contributed by atoms with Crippen molar-refractivity contribution < 1.29 is 19.0 Å². The molecular weight excluding hydrogens is 280 g/mol. The molecule has 1 fully saturated rings. The van der Waals surface area contributed by atoms with Gasteiger partial charge in [-0.15, -0.1) is 6.58 Å². The van der Waals surface area contributed by atoms with Crippen LogP contribution in [-0.2, 0) is 19.0 Å². The van der Waals surface area contributed by atoms with Crippen molar-refractivity contribution in [3.63, 3.8) is 0 Å². The maximum Gasteiger partial charge on any atom is 0.227 e. The van der Waals surface area contributed by atoms with Gasteiger partial charge in [-0.05, 0) is 37.7 Å². The van der Waals surface area contributed by atoms with Gasteiger partial charge in [-0.1, -0.05) is 12.2 Å².